The number of benzene rings is 1. The maximum absolute atomic E-state index is 11.7. The SMILES string of the molecule is CNC(=O)[C@@H]1C[C@@]12CCCc1ccccc12. The van der Waals surface area contributed by atoms with E-state index in [2.05, 4.69) is 29.6 Å². The summed E-state index contributed by atoms with van der Waals surface area (Å²) in [5.74, 6) is 0.440. The van der Waals surface area contributed by atoms with Crippen LogP contribution in [-0.2, 0) is 16.6 Å². The molecule has 2 aliphatic rings. The second-order valence-electron chi connectivity index (χ2n) is 5.04. The van der Waals surface area contributed by atoms with E-state index in [0.29, 0.717) is 0 Å². The highest BCUT2D eigenvalue weighted by Crippen LogP contribution is 2.60. The number of carbonyl (C=O) groups excluding carboxylic acids is 1. The van der Waals surface area contributed by atoms with Crippen molar-refractivity contribution in [2.75, 3.05) is 7.05 Å². The van der Waals surface area contributed by atoms with Crippen LogP contribution in [0.2, 0.25) is 0 Å². The van der Waals surface area contributed by atoms with Crippen LogP contribution in [0, 0.1) is 5.92 Å². The number of carbonyl (C=O) groups is 1. The fourth-order valence-electron chi connectivity index (χ4n) is 3.35. The number of aryl methyl sites for hydroxylation is 1. The Hall–Kier alpha value is -1.31. The van der Waals surface area contributed by atoms with Gasteiger partial charge in [-0.15, -0.1) is 0 Å². The zero-order valence-corrected chi connectivity index (χ0v) is 9.62. The standard InChI is InChI=1S/C14H17NO/c1-15-13(16)12-9-14(12)8-4-6-10-5-2-3-7-11(10)14/h2-3,5,7,12H,4,6,8-9H2,1H3,(H,15,16)/t12-,14+/m0/s1. The molecule has 0 saturated heterocycles. The summed E-state index contributed by atoms with van der Waals surface area (Å²) < 4.78 is 0. The summed E-state index contributed by atoms with van der Waals surface area (Å²) in [6.45, 7) is 0. The molecule has 2 aliphatic carbocycles. The van der Waals surface area contributed by atoms with Crippen molar-refractivity contribution in [1.29, 1.82) is 0 Å². The van der Waals surface area contributed by atoms with E-state index in [1.54, 1.807) is 7.05 Å². The summed E-state index contributed by atoms with van der Waals surface area (Å²) in [6.07, 6.45) is 4.63. The van der Waals surface area contributed by atoms with Crippen molar-refractivity contribution in [3.05, 3.63) is 35.4 Å². The van der Waals surface area contributed by atoms with Crippen molar-refractivity contribution in [2.45, 2.75) is 31.1 Å². The summed E-state index contributed by atoms with van der Waals surface area (Å²) in [7, 11) is 1.74. The van der Waals surface area contributed by atoms with Gasteiger partial charge < -0.3 is 5.32 Å². The molecule has 1 saturated carbocycles. The first kappa shape index (κ1) is 9.88. The lowest BCUT2D eigenvalue weighted by Crippen LogP contribution is -2.27. The van der Waals surface area contributed by atoms with Crippen LogP contribution in [0.1, 0.15) is 30.4 Å². The maximum Gasteiger partial charge on any atom is 0.223 e. The quantitative estimate of drug-likeness (QED) is 0.763. The van der Waals surface area contributed by atoms with Gasteiger partial charge in [-0.25, -0.2) is 0 Å². The van der Waals surface area contributed by atoms with Crippen LogP contribution in [0.25, 0.3) is 0 Å². The lowest BCUT2D eigenvalue weighted by Gasteiger charge is -2.26. The van der Waals surface area contributed by atoms with Crippen molar-refractivity contribution < 1.29 is 4.79 Å². The van der Waals surface area contributed by atoms with E-state index in [1.165, 1.54) is 30.4 Å². The summed E-state index contributed by atoms with van der Waals surface area (Å²) in [4.78, 5) is 11.7. The highest BCUT2D eigenvalue weighted by Gasteiger charge is 2.59. The second kappa shape index (κ2) is 3.34. The summed E-state index contributed by atoms with van der Waals surface area (Å²) in [6, 6.07) is 8.65. The van der Waals surface area contributed by atoms with E-state index in [0.717, 1.165) is 6.42 Å². The molecule has 1 N–H and O–H groups in total. The average Bonchev–Trinajstić information content (AvgIpc) is 3.04. The molecule has 1 amide bonds. The molecule has 1 fully saturated rings. The average molecular weight is 215 g/mol. The summed E-state index contributed by atoms with van der Waals surface area (Å²) >= 11 is 0. The molecule has 0 aliphatic heterocycles. The van der Waals surface area contributed by atoms with Crippen molar-refractivity contribution in [1.82, 2.24) is 5.32 Å². The summed E-state index contributed by atoms with van der Waals surface area (Å²) in [5.41, 5.74) is 3.09. The lowest BCUT2D eigenvalue weighted by atomic mass is 9.78. The van der Waals surface area contributed by atoms with Gasteiger partial charge in [0.05, 0.1) is 0 Å². The Kier molecular flexibility index (Phi) is 2.06. The minimum absolute atomic E-state index is 0.189. The fraction of sp³-hybridized carbons (Fsp3) is 0.500. The molecule has 84 valence electrons. The molecule has 3 rings (SSSR count). The van der Waals surface area contributed by atoms with Crippen LogP contribution in [0.4, 0.5) is 0 Å². The third-order valence-electron chi connectivity index (χ3n) is 4.26. The van der Waals surface area contributed by atoms with Crippen molar-refractivity contribution in [3.8, 4) is 0 Å². The normalized spacial score (nSPS) is 30.9. The fourth-order valence-corrected chi connectivity index (χ4v) is 3.35. The first-order chi connectivity index (χ1) is 7.78. The van der Waals surface area contributed by atoms with Crippen molar-refractivity contribution in [2.24, 2.45) is 5.92 Å². The predicted octanol–water partition coefficient (Wildman–Crippen LogP) is 2.03. The molecule has 2 nitrogen and oxygen atoms in total. The van der Waals surface area contributed by atoms with Gasteiger partial charge in [-0.3, -0.25) is 4.79 Å². The third-order valence-corrected chi connectivity index (χ3v) is 4.26. The zero-order chi connectivity index (χ0) is 11.2. The number of rotatable bonds is 1. The van der Waals surface area contributed by atoms with E-state index >= 15 is 0 Å². The third kappa shape index (κ3) is 1.22. The molecule has 0 heterocycles. The van der Waals surface area contributed by atoms with Gasteiger partial charge in [0.25, 0.3) is 0 Å². The van der Waals surface area contributed by atoms with E-state index in [-0.39, 0.29) is 17.2 Å². The van der Waals surface area contributed by atoms with Gasteiger partial charge in [-0.2, -0.15) is 0 Å². The Balaban J connectivity index is 1.98. The molecule has 0 aromatic heterocycles. The molecule has 1 spiro atoms. The first-order valence-electron chi connectivity index (χ1n) is 6.08. The first-order valence-corrected chi connectivity index (χ1v) is 6.08. The van der Waals surface area contributed by atoms with Crippen LogP contribution in [0.3, 0.4) is 0 Å². The van der Waals surface area contributed by atoms with E-state index < -0.39 is 0 Å². The molecule has 2 atom stereocenters. The second-order valence-corrected chi connectivity index (χ2v) is 5.04. The largest absolute Gasteiger partial charge is 0.359 e. The Bertz CT molecular complexity index is 440. The minimum atomic E-state index is 0.189. The number of amides is 1. The van der Waals surface area contributed by atoms with Gasteiger partial charge in [0.1, 0.15) is 0 Å². The zero-order valence-electron chi connectivity index (χ0n) is 9.62. The molecule has 1 aromatic rings. The molecular weight excluding hydrogens is 198 g/mol. The van der Waals surface area contributed by atoms with Gasteiger partial charge in [-0.1, -0.05) is 24.3 Å². The Labute approximate surface area is 96.1 Å². The lowest BCUT2D eigenvalue weighted by molar-refractivity contribution is -0.122. The van der Waals surface area contributed by atoms with Crippen LogP contribution < -0.4 is 5.32 Å². The molecule has 16 heavy (non-hydrogen) atoms. The predicted molar refractivity (Wildman–Crippen MR) is 63.2 cm³/mol. The molecule has 1 aromatic carbocycles. The molecule has 0 unspecified atom stereocenters. The van der Waals surface area contributed by atoms with E-state index in [4.69, 9.17) is 0 Å². The van der Waals surface area contributed by atoms with E-state index in [1.807, 2.05) is 0 Å². The number of hydrogen-bond donors (Lipinski definition) is 1. The highest BCUT2D eigenvalue weighted by atomic mass is 16.2. The number of nitrogens with one attached hydrogen (secondary N) is 1. The van der Waals surface area contributed by atoms with Gasteiger partial charge in [0.15, 0.2) is 0 Å². The maximum atomic E-state index is 11.7. The van der Waals surface area contributed by atoms with Crippen molar-refractivity contribution >= 4 is 5.91 Å². The van der Waals surface area contributed by atoms with Crippen LogP contribution >= 0.6 is 0 Å². The molecule has 0 radical (unpaired) electrons. The highest BCUT2D eigenvalue weighted by molar-refractivity contribution is 5.84. The minimum Gasteiger partial charge on any atom is -0.359 e. The van der Waals surface area contributed by atoms with Crippen LogP contribution in [0.5, 0.6) is 0 Å². The smallest absolute Gasteiger partial charge is 0.223 e. The monoisotopic (exact) mass is 215 g/mol. The van der Waals surface area contributed by atoms with Crippen LogP contribution in [-0.4, -0.2) is 13.0 Å². The van der Waals surface area contributed by atoms with Gasteiger partial charge in [0.2, 0.25) is 5.91 Å². The molecule has 0 bridgehead atoms. The number of hydrogen-bond acceptors (Lipinski definition) is 1. The topological polar surface area (TPSA) is 29.1 Å². The van der Waals surface area contributed by atoms with E-state index in [9.17, 15) is 4.79 Å². The van der Waals surface area contributed by atoms with Crippen LogP contribution in [0.15, 0.2) is 24.3 Å². The van der Waals surface area contributed by atoms with Gasteiger partial charge >= 0.3 is 0 Å². The van der Waals surface area contributed by atoms with Gasteiger partial charge in [0, 0.05) is 18.4 Å². The molecule has 2 heteroatoms. The molecular formula is C14H17NO. The van der Waals surface area contributed by atoms with Gasteiger partial charge in [-0.05, 0) is 36.8 Å². The summed E-state index contributed by atoms with van der Waals surface area (Å²) in [5, 5.41) is 2.79. The number of fused-ring (bicyclic) bond motifs is 2. The van der Waals surface area contributed by atoms with Crippen molar-refractivity contribution in [3.63, 3.8) is 0 Å². The Morgan fingerprint density at radius 1 is 1.44 bits per heavy atom. The Morgan fingerprint density at radius 2 is 2.25 bits per heavy atom. The Morgan fingerprint density at radius 3 is 3.06 bits per heavy atom.